The maximum atomic E-state index is 5.48. The van der Waals surface area contributed by atoms with Crippen molar-refractivity contribution in [2.24, 2.45) is 11.7 Å². The number of rotatable bonds is 7. The molecule has 1 aromatic rings. The SMILES string of the molecule is Cc1nc(NCCN)cc(NCCC2CCCC2)n1. The maximum absolute atomic E-state index is 5.48. The Hall–Kier alpha value is -1.36. The predicted octanol–water partition coefficient (Wildman–Crippen LogP) is 2.15. The summed E-state index contributed by atoms with van der Waals surface area (Å²) in [6.07, 6.45) is 6.85. The van der Waals surface area contributed by atoms with Gasteiger partial charge in [0, 0.05) is 25.7 Å². The fourth-order valence-corrected chi connectivity index (χ4v) is 2.65. The second-order valence-corrected chi connectivity index (χ2v) is 5.27. The second-order valence-electron chi connectivity index (χ2n) is 5.27. The molecule has 0 atom stereocenters. The molecule has 0 saturated heterocycles. The van der Waals surface area contributed by atoms with Gasteiger partial charge in [-0.25, -0.2) is 9.97 Å². The van der Waals surface area contributed by atoms with E-state index in [-0.39, 0.29) is 0 Å². The molecule has 2 rings (SSSR count). The van der Waals surface area contributed by atoms with Gasteiger partial charge in [0.15, 0.2) is 0 Å². The van der Waals surface area contributed by atoms with Crippen LogP contribution in [0.5, 0.6) is 0 Å². The molecule has 1 fully saturated rings. The lowest BCUT2D eigenvalue weighted by atomic mass is 10.0. The molecule has 19 heavy (non-hydrogen) atoms. The van der Waals surface area contributed by atoms with Crippen LogP contribution < -0.4 is 16.4 Å². The smallest absolute Gasteiger partial charge is 0.131 e. The number of hydrogen-bond acceptors (Lipinski definition) is 5. The number of aromatic nitrogens is 2. The third-order valence-corrected chi connectivity index (χ3v) is 3.62. The van der Waals surface area contributed by atoms with Crippen LogP contribution in [0.2, 0.25) is 0 Å². The molecular weight excluding hydrogens is 238 g/mol. The number of nitrogens with two attached hydrogens (primary N) is 1. The molecular formula is C14H25N5. The highest BCUT2D eigenvalue weighted by Crippen LogP contribution is 2.27. The normalized spacial score (nSPS) is 15.7. The first kappa shape index (κ1) is 14.1. The summed E-state index contributed by atoms with van der Waals surface area (Å²) in [5.41, 5.74) is 5.48. The zero-order valence-corrected chi connectivity index (χ0v) is 11.8. The van der Waals surface area contributed by atoms with E-state index >= 15 is 0 Å². The molecule has 1 aliphatic rings. The molecule has 1 saturated carbocycles. The van der Waals surface area contributed by atoms with Gasteiger partial charge in [-0.2, -0.15) is 0 Å². The van der Waals surface area contributed by atoms with Crippen LogP contribution in [0.15, 0.2) is 6.07 Å². The Morgan fingerprint density at radius 2 is 1.79 bits per heavy atom. The Morgan fingerprint density at radius 3 is 2.42 bits per heavy atom. The highest BCUT2D eigenvalue weighted by molar-refractivity contribution is 5.47. The number of hydrogen-bond donors (Lipinski definition) is 3. The van der Waals surface area contributed by atoms with Crippen LogP contribution in [0.4, 0.5) is 11.6 Å². The highest BCUT2D eigenvalue weighted by Gasteiger charge is 2.14. The van der Waals surface area contributed by atoms with Gasteiger partial charge in [-0.3, -0.25) is 0 Å². The zero-order valence-electron chi connectivity index (χ0n) is 11.8. The molecule has 1 aliphatic carbocycles. The van der Waals surface area contributed by atoms with Gasteiger partial charge in [-0.1, -0.05) is 25.7 Å². The Bertz CT molecular complexity index is 387. The lowest BCUT2D eigenvalue weighted by Crippen LogP contribution is -2.15. The molecule has 0 spiro atoms. The standard InChI is InChI=1S/C14H25N5/c1-11-18-13(10-14(19-11)17-9-7-15)16-8-6-12-4-2-3-5-12/h10,12H,2-9,15H2,1H3,(H2,16,17,18,19). The first-order valence-electron chi connectivity index (χ1n) is 7.31. The van der Waals surface area contributed by atoms with Crippen LogP contribution in [0.25, 0.3) is 0 Å². The Balaban J connectivity index is 1.82. The van der Waals surface area contributed by atoms with Crippen molar-refractivity contribution < 1.29 is 0 Å². The molecule has 0 bridgehead atoms. The molecule has 0 aliphatic heterocycles. The Morgan fingerprint density at radius 1 is 1.16 bits per heavy atom. The van der Waals surface area contributed by atoms with E-state index < -0.39 is 0 Å². The van der Waals surface area contributed by atoms with Crippen LogP contribution in [-0.2, 0) is 0 Å². The first-order valence-corrected chi connectivity index (χ1v) is 7.31. The summed E-state index contributed by atoms with van der Waals surface area (Å²) in [5, 5.41) is 6.60. The van der Waals surface area contributed by atoms with Gasteiger partial charge in [0.1, 0.15) is 17.5 Å². The third-order valence-electron chi connectivity index (χ3n) is 3.62. The molecule has 0 aromatic carbocycles. The minimum Gasteiger partial charge on any atom is -0.370 e. The van der Waals surface area contributed by atoms with E-state index in [1.165, 1.54) is 32.1 Å². The monoisotopic (exact) mass is 263 g/mol. The van der Waals surface area contributed by atoms with E-state index in [0.29, 0.717) is 6.54 Å². The van der Waals surface area contributed by atoms with Crippen molar-refractivity contribution >= 4 is 11.6 Å². The van der Waals surface area contributed by atoms with Crippen molar-refractivity contribution in [3.05, 3.63) is 11.9 Å². The summed E-state index contributed by atoms with van der Waals surface area (Å²) < 4.78 is 0. The average molecular weight is 263 g/mol. The molecule has 5 nitrogen and oxygen atoms in total. The molecule has 5 heteroatoms. The van der Waals surface area contributed by atoms with Gasteiger partial charge in [-0.05, 0) is 19.3 Å². The van der Waals surface area contributed by atoms with Crippen molar-refractivity contribution in [1.29, 1.82) is 0 Å². The van der Waals surface area contributed by atoms with E-state index in [4.69, 9.17) is 5.73 Å². The topological polar surface area (TPSA) is 75.9 Å². The average Bonchev–Trinajstić information content (AvgIpc) is 2.89. The number of nitrogens with zero attached hydrogens (tertiary/aromatic N) is 2. The predicted molar refractivity (Wildman–Crippen MR) is 79.4 cm³/mol. The second kappa shape index (κ2) is 7.28. The maximum Gasteiger partial charge on any atom is 0.131 e. The highest BCUT2D eigenvalue weighted by atomic mass is 15.1. The number of aryl methyl sites for hydroxylation is 1. The van der Waals surface area contributed by atoms with Gasteiger partial charge >= 0.3 is 0 Å². The fraction of sp³-hybridized carbons (Fsp3) is 0.714. The summed E-state index contributed by atoms with van der Waals surface area (Å²) >= 11 is 0. The van der Waals surface area contributed by atoms with Gasteiger partial charge < -0.3 is 16.4 Å². The van der Waals surface area contributed by atoms with Crippen molar-refractivity contribution in [3.63, 3.8) is 0 Å². The first-order chi connectivity index (χ1) is 9.28. The zero-order chi connectivity index (χ0) is 13.5. The van der Waals surface area contributed by atoms with E-state index in [9.17, 15) is 0 Å². The number of anilines is 2. The lowest BCUT2D eigenvalue weighted by molar-refractivity contribution is 0.518. The quantitative estimate of drug-likeness (QED) is 0.702. The molecule has 0 radical (unpaired) electrons. The summed E-state index contributed by atoms with van der Waals surface area (Å²) in [5.74, 6) is 3.45. The Labute approximate surface area is 115 Å². The molecule has 0 unspecified atom stereocenters. The molecule has 0 amide bonds. The van der Waals surface area contributed by atoms with Crippen LogP contribution in [0.1, 0.15) is 37.9 Å². The van der Waals surface area contributed by atoms with Crippen LogP contribution in [0.3, 0.4) is 0 Å². The van der Waals surface area contributed by atoms with Gasteiger partial charge in [-0.15, -0.1) is 0 Å². The van der Waals surface area contributed by atoms with Gasteiger partial charge in [0.25, 0.3) is 0 Å². The summed E-state index contributed by atoms with van der Waals surface area (Å²) in [6.45, 7) is 4.25. The van der Waals surface area contributed by atoms with E-state index in [2.05, 4.69) is 20.6 Å². The van der Waals surface area contributed by atoms with Gasteiger partial charge in [0.2, 0.25) is 0 Å². The summed E-state index contributed by atoms with van der Waals surface area (Å²) in [7, 11) is 0. The van der Waals surface area contributed by atoms with E-state index in [1.807, 2.05) is 13.0 Å². The molecule has 1 aromatic heterocycles. The third kappa shape index (κ3) is 4.67. The largest absolute Gasteiger partial charge is 0.370 e. The van der Waals surface area contributed by atoms with Gasteiger partial charge in [0.05, 0.1) is 0 Å². The minimum atomic E-state index is 0.605. The summed E-state index contributed by atoms with van der Waals surface area (Å²) in [4.78, 5) is 8.75. The lowest BCUT2D eigenvalue weighted by Gasteiger charge is -2.12. The minimum absolute atomic E-state index is 0.605. The van der Waals surface area contributed by atoms with Crippen LogP contribution in [0, 0.1) is 12.8 Å². The van der Waals surface area contributed by atoms with E-state index in [1.54, 1.807) is 0 Å². The van der Waals surface area contributed by atoms with Crippen LogP contribution in [-0.4, -0.2) is 29.6 Å². The van der Waals surface area contributed by atoms with Crippen molar-refractivity contribution in [3.8, 4) is 0 Å². The van der Waals surface area contributed by atoms with E-state index in [0.717, 1.165) is 36.5 Å². The molecule has 1 heterocycles. The van der Waals surface area contributed by atoms with Crippen molar-refractivity contribution in [1.82, 2.24) is 9.97 Å². The molecule has 106 valence electrons. The van der Waals surface area contributed by atoms with Crippen molar-refractivity contribution in [2.45, 2.75) is 39.0 Å². The number of nitrogens with one attached hydrogen (secondary N) is 2. The molecule has 4 N–H and O–H groups in total. The fourth-order valence-electron chi connectivity index (χ4n) is 2.65. The summed E-state index contributed by atoms with van der Waals surface area (Å²) in [6, 6.07) is 1.96. The van der Waals surface area contributed by atoms with Crippen LogP contribution >= 0.6 is 0 Å². The Kier molecular flexibility index (Phi) is 5.39. The van der Waals surface area contributed by atoms with Crippen molar-refractivity contribution in [2.75, 3.05) is 30.3 Å².